The number of hydrogen-bond acceptors (Lipinski definition) is 0. The van der Waals surface area contributed by atoms with Crippen LogP contribution in [0.3, 0.4) is 0 Å². The zero-order chi connectivity index (χ0) is 12.9. The van der Waals surface area contributed by atoms with Crippen molar-refractivity contribution in [2.75, 3.05) is 0 Å². The minimum absolute atomic E-state index is 1.12. The van der Waals surface area contributed by atoms with Crippen molar-refractivity contribution in [3.05, 3.63) is 59.8 Å². The molecule has 0 fully saturated rings. The highest BCUT2D eigenvalue weighted by atomic mass is 13.9. The summed E-state index contributed by atoms with van der Waals surface area (Å²) < 4.78 is 0. The lowest BCUT2D eigenvalue weighted by Crippen LogP contribution is -1.68. The zero-order valence-corrected chi connectivity index (χ0v) is 11.7. The van der Waals surface area contributed by atoms with E-state index in [0.717, 1.165) is 12.8 Å². The number of unbranched alkanes of at least 4 members (excludes halogenated alkanes) is 1. The van der Waals surface area contributed by atoms with Gasteiger partial charge in [0.1, 0.15) is 0 Å². The summed E-state index contributed by atoms with van der Waals surface area (Å²) in [6.07, 6.45) is 20.5. The van der Waals surface area contributed by atoms with E-state index in [9.17, 15) is 0 Å². The third kappa shape index (κ3) is 11.0. The lowest BCUT2D eigenvalue weighted by Gasteiger charge is -1.89. The fraction of sp³-hybridized carbons (Fsp3) is 0.412. The Kier molecular flexibility index (Phi) is 10.3. The second-order valence-electron chi connectivity index (χ2n) is 4.24. The zero-order valence-electron chi connectivity index (χ0n) is 11.7. The molecule has 0 N–H and O–H groups in total. The average molecular weight is 230 g/mol. The molecule has 0 heteroatoms. The SMILES string of the molecule is CCCC=CC=CC(C)=CC=CC=C(C)CC. The van der Waals surface area contributed by atoms with Crippen LogP contribution in [0, 0.1) is 0 Å². The van der Waals surface area contributed by atoms with Gasteiger partial charge in [0.15, 0.2) is 0 Å². The molecule has 0 aliphatic carbocycles. The molecule has 0 spiro atoms. The molecule has 0 saturated carbocycles. The Morgan fingerprint density at radius 1 is 0.882 bits per heavy atom. The van der Waals surface area contributed by atoms with E-state index in [0.29, 0.717) is 0 Å². The first-order valence-electron chi connectivity index (χ1n) is 6.54. The van der Waals surface area contributed by atoms with Gasteiger partial charge in [0.25, 0.3) is 0 Å². The van der Waals surface area contributed by atoms with Gasteiger partial charge >= 0.3 is 0 Å². The third-order valence-corrected chi connectivity index (χ3v) is 2.47. The molecule has 94 valence electrons. The Hall–Kier alpha value is -1.30. The standard InChI is InChI=1S/C17H26/c1-5-7-8-9-10-14-17(4)15-12-11-13-16(3)6-2/h8-15H,5-7H2,1-4H3. The molecule has 0 radical (unpaired) electrons. The fourth-order valence-electron chi connectivity index (χ4n) is 1.15. The highest BCUT2D eigenvalue weighted by Gasteiger charge is 1.79. The molecule has 0 aliphatic heterocycles. The van der Waals surface area contributed by atoms with Crippen molar-refractivity contribution in [1.82, 2.24) is 0 Å². The van der Waals surface area contributed by atoms with Gasteiger partial charge in [0, 0.05) is 0 Å². The molecule has 0 heterocycles. The molecule has 0 nitrogen and oxygen atoms in total. The van der Waals surface area contributed by atoms with Gasteiger partial charge in [-0.05, 0) is 26.7 Å². The van der Waals surface area contributed by atoms with Crippen LogP contribution in [0.1, 0.15) is 47.0 Å². The van der Waals surface area contributed by atoms with E-state index in [1.807, 2.05) is 0 Å². The van der Waals surface area contributed by atoms with Gasteiger partial charge in [0.05, 0.1) is 0 Å². The van der Waals surface area contributed by atoms with Crippen molar-refractivity contribution in [3.63, 3.8) is 0 Å². The van der Waals surface area contributed by atoms with Gasteiger partial charge in [-0.2, -0.15) is 0 Å². The molecule has 0 bridgehead atoms. The second-order valence-corrected chi connectivity index (χ2v) is 4.24. The highest BCUT2D eigenvalue weighted by molar-refractivity contribution is 5.26. The first kappa shape index (κ1) is 15.7. The molecule has 0 atom stereocenters. The summed E-state index contributed by atoms with van der Waals surface area (Å²) >= 11 is 0. The first-order valence-corrected chi connectivity index (χ1v) is 6.54. The van der Waals surface area contributed by atoms with Crippen molar-refractivity contribution in [2.24, 2.45) is 0 Å². The maximum absolute atomic E-state index is 2.20. The van der Waals surface area contributed by atoms with Crippen LogP contribution in [-0.4, -0.2) is 0 Å². The second kappa shape index (κ2) is 11.2. The van der Waals surface area contributed by atoms with Gasteiger partial charge < -0.3 is 0 Å². The van der Waals surface area contributed by atoms with E-state index in [-0.39, 0.29) is 0 Å². The Morgan fingerprint density at radius 3 is 2.24 bits per heavy atom. The van der Waals surface area contributed by atoms with Crippen molar-refractivity contribution in [3.8, 4) is 0 Å². The van der Waals surface area contributed by atoms with E-state index in [1.165, 1.54) is 17.6 Å². The molecule has 0 amide bonds. The van der Waals surface area contributed by atoms with Crippen LogP contribution in [0.25, 0.3) is 0 Å². The van der Waals surface area contributed by atoms with Crippen LogP contribution in [-0.2, 0) is 0 Å². The number of hydrogen-bond donors (Lipinski definition) is 0. The van der Waals surface area contributed by atoms with E-state index >= 15 is 0 Å². The summed E-state index contributed by atoms with van der Waals surface area (Å²) in [5, 5.41) is 0. The van der Waals surface area contributed by atoms with Gasteiger partial charge in [-0.25, -0.2) is 0 Å². The quantitative estimate of drug-likeness (QED) is 0.488. The van der Waals surface area contributed by atoms with Crippen molar-refractivity contribution >= 4 is 0 Å². The molecule has 0 aromatic carbocycles. The van der Waals surface area contributed by atoms with E-state index in [1.54, 1.807) is 0 Å². The Balaban J connectivity index is 4.09. The first-order chi connectivity index (χ1) is 8.20. The predicted octanol–water partition coefficient (Wildman–Crippen LogP) is 5.76. The molecule has 0 aromatic rings. The third-order valence-electron chi connectivity index (χ3n) is 2.47. The van der Waals surface area contributed by atoms with Crippen LogP contribution < -0.4 is 0 Å². The summed E-state index contributed by atoms with van der Waals surface area (Å²) in [5.41, 5.74) is 2.68. The molecular weight excluding hydrogens is 204 g/mol. The van der Waals surface area contributed by atoms with Crippen molar-refractivity contribution < 1.29 is 0 Å². The molecule has 0 aliphatic rings. The Bertz CT molecular complexity index is 322. The van der Waals surface area contributed by atoms with Crippen LogP contribution in [0.4, 0.5) is 0 Å². The summed E-state index contributed by atoms with van der Waals surface area (Å²) in [6, 6.07) is 0. The summed E-state index contributed by atoms with van der Waals surface area (Å²) in [6.45, 7) is 8.63. The van der Waals surface area contributed by atoms with Crippen molar-refractivity contribution in [2.45, 2.75) is 47.0 Å². The lowest BCUT2D eigenvalue weighted by atomic mass is 10.2. The molecule has 17 heavy (non-hydrogen) atoms. The van der Waals surface area contributed by atoms with E-state index in [2.05, 4.69) is 76.3 Å². The van der Waals surface area contributed by atoms with Gasteiger partial charge in [-0.3, -0.25) is 0 Å². The summed E-state index contributed by atoms with van der Waals surface area (Å²) in [4.78, 5) is 0. The van der Waals surface area contributed by atoms with Crippen molar-refractivity contribution in [1.29, 1.82) is 0 Å². The Morgan fingerprint density at radius 2 is 1.59 bits per heavy atom. The molecular formula is C17H26. The average Bonchev–Trinajstić information content (AvgIpc) is 2.34. The van der Waals surface area contributed by atoms with E-state index in [4.69, 9.17) is 0 Å². The topological polar surface area (TPSA) is 0 Å². The van der Waals surface area contributed by atoms with Gasteiger partial charge in [-0.15, -0.1) is 0 Å². The number of rotatable bonds is 7. The van der Waals surface area contributed by atoms with E-state index < -0.39 is 0 Å². The maximum Gasteiger partial charge on any atom is -0.0349 e. The van der Waals surface area contributed by atoms with Crippen LogP contribution in [0.2, 0.25) is 0 Å². The van der Waals surface area contributed by atoms with Gasteiger partial charge in [0.2, 0.25) is 0 Å². The molecule has 0 aromatic heterocycles. The largest absolute Gasteiger partial charge is 0.0845 e. The molecule has 0 unspecified atom stereocenters. The smallest absolute Gasteiger partial charge is 0.0349 e. The predicted molar refractivity (Wildman–Crippen MR) is 80.1 cm³/mol. The van der Waals surface area contributed by atoms with Crippen LogP contribution in [0.5, 0.6) is 0 Å². The summed E-state index contributed by atoms with van der Waals surface area (Å²) in [5.74, 6) is 0. The molecule has 0 rings (SSSR count). The van der Waals surface area contributed by atoms with Gasteiger partial charge in [-0.1, -0.05) is 80.0 Å². The minimum atomic E-state index is 1.12. The van der Waals surface area contributed by atoms with Crippen LogP contribution >= 0.6 is 0 Å². The fourth-order valence-corrected chi connectivity index (χ4v) is 1.15. The lowest BCUT2D eigenvalue weighted by molar-refractivity contribution is 0.959. The maximum atomic E-state index is 2.20. The monoisotopic (exact) mass is 230 g/mol. The Labute approximate surface area is 107 Å². The highest BCUT2D eigenvalue weighted by Crippen LogP contribution is 2.00. The molecule has 0 saturated heterocycles. The normalized spacial score (nSPS) is 14.6. The number of allylic oxidation sites excluding steroid dienone is 10. The minimum Gasteiger partial charge on any atom is -0.0845 e. The van der Waals surface area contributed by atoms with Crippen LogP contribution in [0.15, 0.2) is 59.8 Å². The summed E-state index contributed by atoms with van der Waals surface area (Å²) in [7, 11) is 0.